The van der Waals surface area contributed by atoms with Crippen molar-refractivity contribution in [2.24, 2.45) is 11.7 Å². The summed E-state index contributed by atoms with van der Waals surface area (Å²) in [5.74, 6) is 0.778. The molecule has 0 aromatic heterocycles. The minimum Gasteiger partial charge on any atom is -0.298 e. The molecule has 0 bridgehead atoms. The molecule has 0 saturated heterocycles. The van der Waals surface area contributed by atoms with Gasteiger partial charge in [-0.05, 0) is 5.92 Å². The molecule has 1 aliphatic rings. The SMILES string of the molecule is C=C1C(C(C)C)=C(C=O)C(N)=[N+]1C. The summed E-state index contributed by atoms with van der Waals surface area (Å²) in [6.45, 7) is 7.94. The fourth-order valence-corrected chi connectivity index (χ4v) is 1.57. The topological polar surface area (TPSA) is 46.1 Å². The number of nitrogens with zero attached hydrogens (tertiary/aromatic N) is 1. The average molecular weight is 179 g/mol. The zero-order valence-corrected chi connectivity index (χ0v) is 8.29. The molecule has 0 aromatic rings. The van der Waals surface area contributed by atoms with Crippen molar-refractivity contribution in [3.63, 3.8) is 0 Å². The molecule has 0 fully saturated rings. The smallest absolute Gasteiger partial charge is 0.283 e. The van der Waals surface area contributed by atoms with Crippen LogP contribution in [-0.2, 0) is 4.79 Å². The molecule has 13 heavy (non-hydrogen) atoms. The maximum atomic E-state index is 10.8. The summed E-state index contributed by atoms with van der Waals surface area (Å²) in [5, 5.41) is 0. The molecule has 0 saturated carbocycles. The quantitative estimate of drug-likeness (QED) is 0.500. The average Bonchev–Trinajstić information content (AvgIpc) is 2.29. The molecule has 0 amide bonds. The maximum absolute atomic E-state index is 10.8. The summed E-state index contributed by atoms with van der Waals surface area (Å²) in [6, 6.07) is 0. The summed E-state index contributed by atoms with van der Waals surface area (Å²) >= 11 is 0. The van der Waals surface area contributed by atoms with E-state index < -0.39 is 0 Å². The highest BCUT2D eigenvalue weighted by Gasteiger charge is 2.30. The lowest BCUT2D eigenvalue weighted by Gasteiger charge is -2.06. The van der Waals surface area contributed by atoms with E-state index in [9.17, 15) is 4.79 Å². The van der Waals surface area contributed by atoms with Crippen LogP contribution in [0.5, 0.6) is 0 Å². The van der Waals surface area contributed by atoms with Crippen molar-refractivity contribution in [2.45, 2.75) is 13.8 Å². The van der Waals surface area contributed by atoms with Crippen LogP contribution in [0, 0.1) is 5.92 Å². The largest absolute Gasteiger partial charge is 0.298 e. The zero-order valence-electron chi connectivity index (χ0n) is 8.29. The van der Waals surface area contributed by atoms with Crippen LogP contribution in [0.1, 0.15) is 13.8 Å². The van der Waals surface area contributed by atoms with Crippen molar-refractivity contribution in [2.75, 3.05) is 7.05 Å². The van der Waals surface area contributed by atoms with Crippen molar-refractivity contribution >= 4 is 12.1 Å². The van der Waals surface area contributed by atoms with E-state index in [1.165, 1.54) is 0 Å². The van der Waals surface area contributed by atoms with E-state index >= 15 is 0 Å². The van der Waals surface area contributed by atoms with Crippen molar-refractivity contribution in [3.8, 4) is 0 Å². The van der Waals surface area contributed by atoms with E-state index in [4.69, 9.17) is 5.73 Å². The first kappa shape index (κ1) is 9.71. The molecular formula is C10H15N2O+. The summed E-state index contributed by atoms with van der Waals surface area (Å²) in [4.78, 5) is 10.8. The van der Waals surface area contributed by atoms with E-state index in [2.05, 4.69) is 6.58 Å². The molecule has 3 heteroatoms. The lowest BCUT2D eigenvalue weighted by atomic mass is 9.97. The fraction of sp³-hybridized carbons (Fsp3) is 0.400. The molecule has 0 spiro atoms. The van der Waals surface area contributed by atoms with Gasteiger partial charge in [0.15, 0.2) is 6.29 Å². The second-order valence-electron chi connectivity index (χ2n) is 3.49. The van der Waals surface area contributed by atoms with Crippen LogP contribution < -0.4 is 5.73 Å². The van der Waals surface area contributed by atoms with E-state index in [0.717, 1.165) is 17.6 Å². The predicted molar refractivity (Wildman–Crippen MR) is 52.4 cm³/mol. The van der Waals surface area contributed by atoms with E-state index in [1.807, 2.05) is 20.9 Å². The first-order valence-electron chi connectivity index (χ1n) is 4.25. The molecular weight excluding hydrogens is 164 g/mol. The Morgan fingerprint density at radius 3 is 2.38 bits per heavy atom. The van der Waals surface area contributed by atoms with Crippen LogP contribution >= 0.6 is 0 Å². The maximum Gasteiger partial charge on any atom is 0.283 e. The highest BCUT2D eigenvalue weighted by atomic mass is 16.1. The van der Waals surface area contributed by atoms with Crippen molar-refractivity contribution < 1.29 is 9.37 Å². The lowest BCUT2D eigenvalue weighted by Crippen LogP contribution is -2.22. The van der Waals surface area contributed by atoms with Crippen LogP contribution in [0.15, 0.2) is 23.4 Å². The normalized spacial score (nSPS) is 17.7. The highest BCUT2D eigenvalue weighted by Crippen LogP contribution is 2.26. The van der Waals surface area contributed by atoms with E-state index in [0.29, 0.717) is 11.4 Å². The van der Waals surface area contributed by atoms with Gasteiger partial charge in [-0.3, -0.25) is 10.5 Å². The number of nitrogens with two attached hydrogens (primary N) is 1. The van der Waals surface area contributed by atoms with Crippen molar-refractivity contribution in [1.82, 2.24) is 0 Å². The van der Waals surface area contributed by atoms with E-state index in [-0.39, 0.29) is 5.92 Å². The molecule has 0 aliphatic carbocycles. The number of aldehydes is 1. The van der Waals surface area contributed by atoms with Gasteiger partial charge in [0.2, 0.25) is 0 Å². The van der Waals surface area contributed by atoms with Crippen LogP contribution in [0.4, 0.5) is 0 Å². The van der Waals surface area contributed by atoms with Crippen LogP contribution in [0.3, 0.4) is 0 Å². The minimum atomic E-state index is 0.274. The van der Waals surface area contributed by atoms with Gasteiger partial charge in [0.25, 0.3) is 5.84 Å². The Labute approximate surface area is 78.2 Å². The van der Waals surface area contributed by atoms with Crippen LogP contribution in [0.25, 0.3) is 0 Å². The van der Waals surface area contributed by atoms with Gasteiger partial charge in [-0.2, -0.15) is 0 Å². The Morgan fingerprint density at radius 2 is 2.08 bits per heavy atom. The van der Waals surface area contributed by atoms with Gasteiger partial charge in [0, 0.05) is 5.57 Å². The molecule has 3 nitrogen and oxygen atoms in total. The number of carbonyl (C=O) groups is 1. The zero-order chi connectivity index (χ0) is 10.2. The van der Waals surface area contributed by atoms with Crippen LogP contribution in [-0.4, -0.2) is 23.7 Å². The highest BCUT2D eigenvalue weighted by molar-refractivity contribution is 6.13. The Bertz CT molecular complexity index is 335. The van der Waals surface area contributed by atoms with Gasteiger partial charge in [-0.25, -0.2) is 4.58 Å². The molecule has 1 rings (SSSR count). The number of carbonyl (C=O) groups excluding carboxylic acids is 1. The van der Waals surface area contributed by atoms with Gasteiger partial charge in [0.05, 0.1) is 7.05 Å². The monoisotopic (exact) mass is 179 g/mol. The Hall–Kier alpha value is -1.38. The molecule has 0 aromatic carbocycles. The Kier molecular flexibility index (Phi) is 2.36. The van der Waals surface area contributed by atoms with Gasteiger partial charge < -0.3 is 0 Å². The third kappa shape index (κ3) is 1.30. The van der Waals surface area contributed by atoms with Gasteiger partial charge in [-0.15, -0.1) is 0 Å². The number of hydrogen-bond acceptors (Lipinski definition) is 2. The number of allylic oxidation sites excluding steroid dienone is 1. The van der Waals surface area contributed by atoms with Crippen LogP contribution in [0.2, 0.25) is 0 Å². The molecule has 2 N–H and O–H groups in total. The number of hydrogen-bond donors (Lipinski definition) is 1. The summed E-state index contributed by atoms with van der Waals surface area (Å²) in [5.41, 5.74) is 8.11. The van der Waals surface area contributed by atoms with Gasteiger partial charge in [0.1, 0.15) is 11.3 Å². The summed E-state index contributed by atoms with van der Waals surface area (Å²) in [6.07, 6.45) is 0.805. The van der Waals surface area contributed by atoms with E-state index in [1.54, 1.807) is 4.58 Å². The number of rotatable bonds is 2. The van der Waals surface area contributed by atoms with Crippen molar-refractivity contribution in [3.05, 3.63) is 23.4 Å². The first-order valence-corrected chi connectivity index (χ1v) is 4.25. The second-order valence-corrected chi connectivity index (χ2v) is 3.49. The standard InChI is InChI=1S/C10H14N2O/c1-6(2)9-7(3)12(4)10(11)8(9)5-13/h5-6,11H,3H2,1-2,4H3/p+1. The molecule has 0 unspecified atom stereocenters. The minimum absolute atomic E-state index is 0.274. The summed E-state index contributed by atoms with van der Waals surface area (Å²) in [7, 11) is 1.82. The third-order valence-corrected chi connectivity index (χ3v) is 2.34. The summed E-state index contributed by atoms with van der Waals surface area (Å²) < 4.78 is 1.75. The molecule has 0 radical (unpaired) electrons. The fourth-order valence-electron chi connectivity index (χ4n) is 1.57. The first-order chi connectivity index (χ1) is 6.00. The predicted octanol–water partition coefficient (Wildman–Crippen LogP) is 0.665. The Balaban J connectivity index is 3.30. The molecule has 0 atom stereocenters. The van der Waals surface area contributed by atoms with Gasteiger partial charge >= 0.3 is 0 Å². The number of likely N-dealkylation sites (N-methyl/N-ethyl adjacent to an activating group) is 1. The number of amidine groups is 1. The van der Waals surface area contributed by atoms with Crippen molar-refractivity contribution in [1.29, 1.82) is 0 Å². The molecule has 1 heterocycles. The third-order valence-electron chi connectivity index (χ3n) is 2.34. The second kappa shape index (κ2) is 3.17. The molecule has 1 aliphatic heterocycles. The lowest BCUT2D eigenvalue weighted by molar-refractivity contribution is -0.436. The van der Waals surface area contributed by atoms with Gasteiger partial charge in [-0.1, -0.05) is 20.4 Å². The molecule has 70 valence electrons. The Morgan fingerprint density at radius 1 is 1.54 bits per heavy atom.